The van der Waals surface area contributed by atoms with E-state index < -0.39 is 0 Å². The van der Waals surface area contributed by atoms with Gasteiger partial charge in [0.05, 0.1) is 7.11 Å². The second kappa shape index (κ2) is 8.30. The van der Waals surface area contributed by atoms with Crippen LogP contribution in [-0.4, -0.2) is 30.7 Å². The highest BCUT2D eigenvalue weighted by Gasteiger charge is 2.26. The summed E-state index contributed by atoms with van der Waals surface area (Å²) in [5.41, 5.74) is 1.29. The largest absolute Gasteiger partial charge is 0.496 e. The van der Waals surface area contributed by atoms with Crippen LogP contribution in [0.25, 0.3) is 0 Å². The Bertz CT molecular complexity index is 421. The van der Waals surface area contributed by atoms with E-state index in [9.17, 15) is 0 Å². The van der Waals surface area contributed by atoms with E-state index in [1.807, 2.05) is 6.07 Å². The molecule has 0 bridgehead atoms. The number of hydrogen-bond acceptors (Lipinski definition) is 3. The molecule has 0 aromatic heterocycles. The lowest BCUT2D eigenvalue weighted by molar-refractivity contribution is 0.402. The van der Waals surface area contributed by atoms with Gasteiger partial charge in [0.25, 0.3) is 0 Å². The van der Waals surface area contributed by atoms with Gasteiger partial charge in [-0.25, -0.2) is 0 Å². The Morgan fingerprint density at radius 2 is 2.35 bits per heavy atom. The van der Waals surface area contributed by atoms with Crippen molar-refractivity contribution in [2.45, 2.75) is 43.9 Å². The summed E-state index contributed by atoms with van der Waals surface area (Å²) >= 11 is 5.69. The fourth-order valence-corrected chi connectivity index (χ4v) is 4.53. The van der Waals surface area contributed by atoms with Crippen molar-refractivity contribution in [2.75, 3.05) is 19.4 Å². The molecule has 1 aromatic carbocycles. The molecular formula is C16H24BrNOS. The summed E-state index contributed by atoms with van der Waals surface area (Å²) in [6.07, 6.45) is 4.92. The Hall–Kier alpha value is -0.190. The molecular weight excluding hydrogens is 334 g/mol. The molecule has 1 aliphatic rings. The number of methoxy groups -OCH3 is 1. The fourth-order valence-electron chi connectivity index (χ4n) is 2.73. The lowest BCUT2D eigenvalue weighted by Crippen LogP contribution is -2.39. The van der Waals surface area contributed by atoms with Crippen LogP contribution in [0.3, 0.4) is 0 Å². The van der Waals surface area contributed by atoms with Crippen LogP contribution >= 0.6 is 27.7 Å². The first-order valence-corrected chi connectivity index (χ1v) is 9.26. The number of benzene rings is 1. The van der Waals surface area contributed by atoms with Crippen molar-refractivity contribution in [1.82, 2.24) is 5.32 Å². The average molecular weight is 358 g/mol. The molecule has 0 radical (unpaired) electrons. The van der Waals surface area contributed by atoms with Crippen molar-refractivity contribution in [3.05, 3.63) is 28.2 Å². The molecule has 2 atom stereocenters. The van der Waals surface area contributed by atoms with Crippen molar-refractivity contribution >= 4 is 27.7 Å². The van der Waals surface area contributed by atoms with Crippen LogP contribution < -0.4 is 10.1 Å². The van der Waals surface area contributed by atoms with Crippen LogP contribution in [0.5, 0.6) is 5.75 Å². The summed E-state index contributed by atoms with van der Waals surface area (Å²) < 4.78 is 6.64. The van der Waals surface area contributed by atoms with Crippen LogP contribution in [-0.2, 0) is 6.42 Å². The Kier molecular flexibility index (Phi) is 6.72. The Balaban J connectivity index is 2.11. The maximum absolute atomic E-state index is 5.51. The molecule has 1 aromatic rings. The summed E-state index contributed by atoms with van der Waals surface area (Å²) in [6.45, 7) is 3.32. The molecule has 2 nitrogen and oxygen atoms in total. The highest BCUT2D eigenvalue weighted by molar-refractivity contribution is 9.10. The van der Waals surface area contributed by atoms with Gasteiger partial charge in [-0.15, -0.1) is 0 Å². The molecule has 2 rings (SSSR count). The minimum absolute atomic E-state index is 0.547. The first-order chi connectivity index (χ1) is 9.74. The Morgan fingerprint density at radius 3 is 3.00 bits per heavy atom. The lowest BCUT2D eigenvalue weighted by atomic mass is 10.00. The summed E-state index contributed by atoms with van der Waals surface area (Å²) in [5, 5.41) is 4.48. The third-order valence-corrected chi connectivity index (χ3v) is 5.76. The second-order valence-electron chi connectivity index (χ2n) is 5.27. The van der Waals surface area contributed by atoms with E-state index in [1.165, 1.54) is 30.6 Å². The van der Waals surface area contributed by atoms with Gasteiger partial charge in [-0.1, -0.05) is 22.9 Å². The molecule has 1 aliphatic heterocycles. The molecule has 20 heavy (non-hydrogen) atoms. The SMILES string of the molecule is CCCNC(Cc1cc(Br)ccc1OC)C1CCCS1. The van der Waals surface area contributed by atoms with Crippen LogP contribution in [0, 0.1) is 0 Å². The molecule has 1 saturated heterocycles. The van der Waals surface area contributed by atoms with Gasteiger partial charge in [0.2, 0.25) is 0 Å². The quantitative estimate of drug-likeness (QED) is 0.787. The van der Waals surface area contributed by atoms with Gasteiger partial charge in [0.15, 0.2) is 0 Å². The van der Waals surface area contributed by atoms with Gasteiger partial charge in [-0.2, -0.15) is 11.8 Å². The molecule has 2 unspecified atom stereocenters. The van der Waals surface area contributed by atoms with Crippen molar-refractivity contribution in [1.29, 1.82) is 0 Å². The molecule has 4 heteroatoms. The number of thioether (sulfide) groups is 1. The predicted molar refractivity (Wildman–Crippen MR) is 92.0 cm³/mol. The summed E-state index contributed by atoms with van der Waals surface area (Å²) in [4.78, 5) is 0. The number of ether oxygens (including phenoxy) is 1. The molecule has 0 saturated carbocycles. The van der Waals surface area contributed by atoms with E-state index in [-0.39, 0.29) is 0 Å². The van der Waals surface area contributed by atoms with E-state index in [4.69, 9.17) is 4.74 Å². The van der Waals surface area contributed by atoms with Crippen molar-refractivity contribution < 1.29 is 4.74 Å². The second-order valence-corrected chi connectivity index (χ2v) is 7.54. The minimum Gasteiger partial charge on any atom is -0.496 e. The summed E-state index contributed by atoms with van der Waals surface area (Å²) in [5.74, 6) is 2.31. The van der Waals surface area contributed by atoms with Crippen molar-refractivity contribution in [3.63, 3.8) is 0 Å². The van der Waals surface area contributed by atoms with Gasteiger partial charge >= 0.3 is 0 Å². The molecule has 1 fully saturated rings. The first-order valence-electron chi connectivity index (χ1n) is 7.42. The van der Waals surface area contributed by atoms with Crippen molar-refractivity contribution in [3.8, 4) is 5.75 Å². The Labute approximate surface area is 135 Å². The van der Waals surface area contributed by atoms with Gasteiger partial charge in [-0.05, 0) is 61.7 Å². The molecule has 112 valence electrons. The van der Waals surface area contributed by atoms with Crippen LogP contribution in [0.2, 0.25) is 0 Å². The zero-order valence-corrected chi connectivity index (χ0v) is 14.7. The summed E-state index contributed by atoms with van der Waals surface area (Å²) in [7, 11) is 1.76. The first kappa shape index (κ1) is 16.2. The van der Waals surface area contributed by atoms with Gasteiger partial charge < -0.3 is 10.1 Å². The van der Waals surface area contributed by atoms with E-state index in [0.29, 0.717) is 6.04 Å². The van der Waals surface area contributed by atoms with Crippen LogP contribution in [0.1, 0.15) is 31.7 Å². The predicted octanol–water partition coefficient (Wildman–Crippen LogP) is 4.26. The van der Waals surface area contributed by atoms with E-state index in [2.05, 4.69) is 52.1 Å². The topological polar surface area (TPSA) is 21.3 Å². The maximum atomic E-state index is 5.51. The average Bonchev–Trinajstić information content (AvgIpc) is 2.97. The standard InChI is InChI=1S/C16H24BrNOS/c1-3-8-18-14(16-5-4-9-20-16)11-12-10-13(17)6-7-15(12)19-2/h6-7,10,14,16,18H,3-5,8-9,11H2,1-2H3. The van der Waals surface area contributed by atoms with E-state index in [1.54, 1.807) is 7.11 Å². The van der Waals surface area contributed by atoms with Crippen LogP contribution in [0.4, 0.5) is 0 Å². The molecule has 1 N–H and O–H groups in total. The molecule has 0 amide bonds. The number of nitrogens with one attached hydrogen (secondary N) is 1. The van der Waals surface area contributed by atoms with E-state index >= 15 is 0 Å². The zero-order valence-electron chi connectivity index (χ0n) is 12.3. The number of hydrogen-bond donors (Lipinski definition) is 1. The molecule has 1 heterocycles. The van der Waals surface area contributed by atoms with E-state index in [0.717, 1.165) is 28.4 Å². The normalized spacial score (nSPS) is 20.1. The maximum Gasteiger partial charge on any atom is 0.122 e. The Morgan fingerprint density at radius 1 is 1.50 bits per heavy atom. The van der Waals surface area contributed by atoms with Gasteiger partial charge in [0.1, 0.15) is 5.75 Å². The molecule has 0 aliphatic carbocycles. The lowest BCUT2D eigenvalue weighted by Gasteiger charge is -2.25. The highest BCUT2D eigenvalue weighted by atomic mass is 79.9. The highest BCUT2D eigenvalue weighted by Crippen LogP contribution is 2.32. The molecule has 0 spiro atoms. The third-order valence-electron chi connectivity index (χ3n) is 3.75. The van der Waals surface area contributed by atoms with Crippen molar-refractivity contribution in [2.24, 2.45) is 0 Å². The third kappa shape index (κ3) is 4.40. The smallest absolute Gasteiger partial charge is 0.122 e. The fraction of sp³-hybridized carbons (Fsp3) is 0.625. The van der Waals surface area contributed by atoms with Crippen LogP contribution in [0.15, 0.2) is 22.7 Å². The number of rotatable bonds is 7. The minimum atomic E-state index is 0.547. The zero-order chi connectivity index (χ0) is 14.4. The van der Waals surface area contributed by atoms with Gasteiger partial charge in [0, 0.05) is 15.8 Å². The summed E-state index contributed by atoms with van der Waals surface area (Å²) in [6, 6.07) is 6.84. The monoisotopic (exact) mass is 357 g/mol. The number of halogens is 1. The van der Waals surface area contributed by atoms with Gasteiger partial charge in [-0.3, -0.25) is 0 Å².